The second-order valence-corrected chi connectivity index (χ2v) is 7.53. The second kappa shape index (κ2) is 6.95. The molecule has 0 saturated carbocycles. The fraction of sp³-hybridized carbons (Fsp3) is 0.333. The average Bonchev–Trinajstić information content (AvgIpc) is 2.92. The van der Waals surface area contributed by atoms with Crippen LogP contribution in [0.3, 0.4) is 0 Å². The van der Waals surface area contributed by atoms with Crippen LogP contribution in [0, 0.1) is 5.92 Å². The van der Waals surface area contributed by atoms with Gasteiger partial charge in [0.05, 0.1) is 5.56 Å². The molecule has 4 nitrogen and oxygen atoms in total. The zero-order valence-electron chi connectivity index (χ0n) is 13.3. The van der Waals surface area contributed by atoms with E-state index in [9.17, 15) is 14.7 Å². The summed E-state index contributed by atoms with van der Waals surface area (Å²) in [5, 5.41) is 13.4. The topological polar surface area (TPSA) is 66.4 Å². The Kier molecular flexibility index (Phi) is 4.92. The Labute approximate surface area is 149 Å². The lowest BCUT2D eigenvalue weighted by molar-refractivity contribution is 0.0697. The van der Waals surface area contributed by atoms with Gasteiger partial charge in [-0.05, 0) is 55.0 Å². The van der Waals surface area contributed by atoms with E-state index in [-0.39, 0.29) is 11.5 Å². The largest absolute Gasteiger partial charge is 0.478 e. The van der Waals surface area contributed by atoms with E-state index in [1.165, 1.54) is 11.3 Å². The highest BCUT2D eigenvalue weighted by Gasteiger charge is 2.29. The van der Waals surface area contributed by atoms with Crippen LogP contribution in [0.1, 0.15) is 50.9 Å². The van der Waals surface area contributed by atoms with Gasteiger partial charge < -0.3 is 10.4 Å². The molecule has 0 radical (unpaired) electrons. The van der Waals surface area contributed by atoms with Crippen LogP contribution in [0.15, 0.2) is 24.3 Å². The van der Waals surface area contributed by atoms with Crippen molar-refractivity contribution in [3.8, 4) is 0 Å². The Bertz CT molecular complexity index is 782. The number of fused-ring (bicyclic) bond motifs is 1. The molecule has 0 spiro atoms. The molecule has 1 aromatic carbocycles. The summed E-state index contributed by atoms with van der Waals surface area (Å²) < 4.78 is 0. The van der Waals surface area contributed by atoms with Crippen molar-refractivity contribution in [2.75, 3.05) is 5.32 Å². The van der Waals surface area contributed by atoms with Gasteiger partial charge in [0.2, 0.25) is 0 Å². The number of carbonyl (C=O) groups is 2. The molecule has 3 rings (SSSR count). The predicted octanol–water partition coefficient (Wildman–Crippen LogP) is 4.87. The number of carboxylic acids is 1. The van der Waals surface area contributed by atoms with Gasteiger partial charge in [-0.1, -0.05) is 24.9 Å². The minimum atomic E-state index is -0.978. The molecule has 1 aromatic heterocycles. The van der Waals surface area contributed by atoms with Gasteiger partial charge in [-0.2, -0.15) is 0 Å². The van der Waals surface area contributed by atoms with Crippen molar-refractivity contribution in [3.63, 3.8) is 0 Å². The molecular weight excluding hydrogens is 346 g/mol. The molecular formula is C18H18ClNO3S. The first-order valence-electron chi connectivity index (χ1n) is 7.94. The maximum atomic E-state index is 12.4. The molecule has 2 N–H and O–H groups in total. The number of hydrogen-bond acceptors (Lipinski definition) is 3. The van der Waals surface area contributed by atoms with Gasteiger partial charge in [0.25, 0.3) is 5.91 Å². The smallest absolute Gasteiger partial charge is 0.339 e. The van der Waals surface area contributed by atoms with E-state index in [2.05, 4.69) is 12.2 Å². The van der Waals surface area contributed by atoms with Gasteiger partial charge in [0.15, 0.2) is 0 Å². The number of thiophene rings is 1. The molecule has 0 saturated heterocycles. The number of nitrogens with one attached hydrogen (secondary N) is 1. The van der Waals surface area contributed by atoms with Gasteiger partial charge in [0.1, 0.15) is 5.00 Å². The lowest BCUT2D eigenvalue weighted by Gasteiger charge is -2.20. The predicted molar refractivity (Wildman–Crippen MR) is 96.5 cm³/mol. The highest BCUT2D eigenvalue weighted by atomic mass is 35.5. The van der Waals surface area contributed by atoms with Gasteiger partial charge in [0, 0.05) is 15.5 Å². The van der Waals surface area contributed by atoms with Crippen LogP contribution in [0.4, 0.5) is 5.00 Å². The first-order valence-corrected chi connectivity index (χ1v) is 9.13. The zero-order chi connectivity index (χ0) is 17.3. The standard InChI is InChI=1S/C18H18ClNO3S/c1-2-10-3-8-13-14(9-10)24-17(15(13)18(22)23)20-16(21)11-4-6-12(19)7-5-11/h4-7,10H,2-3,8-9H2,1H3,(H,20,21)(H,22,23). The Morgan fingerprint density at radius 3 is 2.67 bits per heavy atom. The molecule has 1 heterocycles. The molecule has 1 aliphatic carbocycles. The minimum Gasteiger partial charge on any atom is -0.478 e. The Balaban J connectivity index is 1.90. The van der Waals surface area contributed by atoms with Gasteiger partial charge >= 0.3 is 5.97 Å². The third-order valence-corrected chi connectivity index (χ3v) is 5.91. The Hall–Kier alpha value is -1.85. The van der Waals surface area contributed by atoms with Crippen LogP contribution in [0.25, 0.3) is 0 Å². The van der Waals surface area contributed by atoms with Crippen LogP contribution in [-0.2, 0) is 12.8 Å². The molecule has 24 heavy (non-hydrogen) atoms. The number of hydrogen-bond donors (Lipinski definition) is 2. The van der Waals surface area contributed by atoms with Crippen molar-refractivity contribution in [1.82, 2.24) is 0 Å². The fourth-order valence-corrected chi connectivity index (χ4v) is 4.57. The number of amides is 1. The van der Waals surface area contributed by atoms with Crippen molar-refractivity contribution in [3.05, 3.63) is 50.9 Å². The van der Waals surface area contributed by atoms with E-state index in [0.717, 1.165) is 36.1 Å². The summed E-state index contributed by atoms with van der Waals surface area (Å²) in [5.41, 5.74) is 1.60. The number of rotatable bonds is 4. The quantitative estimate of drug-likeness (QED) is 0.814. The molecule has 6 heteroatoms. The lowest BCUT2D eigenvalue weighted by Crippen LogP contribution is -2.15. The lowest BCUT2D eigenvalue weighted by atomic mass is 9.86. The molecule has 0 bridgehead atoms. The van der Waals surface area contributed by atoms with Crippen molar-refractivity contribution in [2.24, 2.45) is 5.92 Å². The maximum Gasteiger partial charge on any atom is 0.339 e. The summed E-state index contributed by atoms with van der Waals surface area (Å²) in [6.07, 6.45) is 3.76. The first kappa shape index (κ1) is 17.0. The van der Waals surface area contributed by atoms with Crippen LogP contribution < -0.4 is 5.32 Å². The second-order valence-electron chi connectivity index (χ2n) is 5.99. The van der Waals surface area contributed by atoms with Crippen LogP contribution in [0.2, 0.25) is 5.02 Å². The van der Waals surface area contributed by atoms with Gasteiger partial charge in [-0.15, -0.1) is 11.3 Å². The zero-order valence-corrected chi connectivity index (χ0v) is 14.8. The van der Waals surface area contributed by atoms with Crippen LogP contribution >= 0.6 is 22.9 Å². The summed E-state index contributed by atoms with van der Waals surface area (Å²) >= 11 is 7.23. The highest BCUT2D eigenvalue weighted by molar-refractivity contribution is 7.17. The summed E-state index contributed by atoms with van der Waals surface area (Å²) in [5.74, 6) is -0.703. The number of aromatic carboxylic acids is 1. The van der Waals surface area contributed by atoms with E-state index in [1.54, 1.807) is 24.3 Å². The van der Waals surface area contributed by atoms with Crippen molar-refractivity contribution in [1.29, 1.82) is 0 Å². The van der Waals surface area contributed by atoms with E-state index >= 15 is 0 Å². The van der Waals surface area contributed by atoms with Gasteiger partial charge in [-0.25, -0.2) is 4.79 Å². The highest BCUT2D eigenvalue weighted by Crippen LogP contribution is 2.40. The van der Waals surface area contributed by atoms with Crippen molar-refractivity contribution in [2.45, 2.75) is 32.6 Å². The third kappa shape index (κ3) is 3.32. The average molecular weight is 364 g/mol. The molecule has 1 unspecified atom stereocenters. The van der Waals surface area contributed by atoms with E-state index in [0.29, 0.717) is 21.5 Å². The Morgan fingerprint density at radius 2 is 2.04 bits per heavy atom. The van der Waals surface area contributed by atoms with Crippen molar-refractivity contribution < 1.29 is 14.7 Å². The maximum absolute atomic E-state index is 12.4. The summed E-state index contributed by atoms with van der Waals surface area (Å²) in [6, 6.07) is 6.53. The number of halogens is 1. The molecule has 0 fully saturated rings. The first-order chi connectivity index (χ1) is 11.5. The minimum absolute atomic E-state index is 0.256. The molecule has 0 aliphatic heterocycles. The molecule has 1 amide bonds. The van der Waals surface area contributed by atoms with Gasteiger partial charge in [-0.3, -0.25) is 4.79 Å². The number of carboxylic acid groups (broad SMARTS) is 1. The van der Waals surface area contributed by atoms with Crippen LogP contribution in [-0.4, -0.2) is 17.0 Å². The summed E-state index contributed by atoms with van der Waals surface area (Å²) in [6.45, 7) is 2.16. The molecule has 1 aliphatic rings. The fourth-order valence-electron chi connectivity index (χ4n) is 3.09. The van der Waals surface area contributed by atoms with Crippen LogP contribution in [0.5, 0.6) is 0 Å². The summed E-state index contributed by atoms with van der Waals surface area (Å²) in [7, 11) is 0. The number of benzene rings is 1. The van der Waals surface area contributed by atoms with E-state index < -0.39 is 5.97 Å². The summed E-state index contributed by atoms with van der Waals surface area (Å²) in [4.78, 5) is 25.2. The number of carbonyl (C=O) groups excluding carboxylic acids is 1. The molecule has 1 atom stereocenters. The Morgan fingerprint density at radius 1 is 1.33 bits per heavy atom. The third-order valence-electron chi connectivity index (χ3n) is 4.49. The molecule has 2 aromatic rings. The monoisotopic (exact) mass is 363 g/mol. The van der Waals surface area contributed by atoms with E-state index in [1.807, 2.05) is 0 Å². The van der Waals surface area contributed by atoms with E-state index in [4.69, 9.17) is 11.6 Å². The normalized spacial score (nSPS) is 16.5. The number of anilines is 1. The molecule has 126 valence electrons. The SMILES string of the molecule is CCC1CCc2c(sc(NC(=O)c3ccc(Cl)cc3)c2C(=O)O)C1. The van der Waals surface area contributed by atoms with Crippen molar-refractivity contribution >= 4 is 39.8 Å².